The van der Waals surface area contributed by atoms with Crippen molar-refractivity contribution >= 4 is 11.6 Å². The van der Waals surface area contributed by atoms with Crippen molar-refractivity contribution in [2.75, 3.05) is 12.4 Å². The minimum atomic E-state index is -0.274. The van der Waals surface area contributed by atoms with Crippen LogP contribution in [-0.2, 0) is 0 Å². The molecule has 0 atom stereocenters. The second-order valence-electron chi connectivity index (χ2n) is 4.03. The summed E-state index contributed by atoms with van der Waals surface area (Å²) in [5, 5.41) is 12.2. The molecule has 1 amide bonds. The Balaban J connectivity index is 2.20. The molecule has 0 aliphatic heterocycles. The number of nitrogens with zero attached hydrogens (tertiary/aromatic N) is 1. The molecular formula is C14H14N2O3. The first-order valence-corrected chi connectivity index (χ1v) is 5.71. The number of nitrogens with one attached hydrogen (secondary N) is 1. The predicted molar refractivity (Wildman–Crippen MR) is 71.6 cm³/mol. The Morgan fingerprint density at radius 2 is 2.11 bits per heavy atom. The van der Waals surface area contributed by atoms with Crippen LogP contribution in [0, 0.1) is 6.92 Å². The molecule has 2 aromatic rings. The molecule has 0 aliphatic carbocycles. The lowest BCUT2D eigenvalue weighted by Gasteiger charge is -2.08. The summed E-state index contributed by atoms with van der Waals surface area (Å²) in [4.78, 5) is 16.1. The number of carbonyl (C=O) groups is 1. The zero-order valence-corrected chi connectivity index (χ0v) is 10.7. The summed E-state index contributed by atoms with van der Waals surface area (Å²) in [5.41, 5.74) is 1.90. The maximum atomic E-state index is 12.0. The van der Waals surface area contributed by atoms with E-state index in [1.807, 2.05) is 6.92 Å². The van der Waals surface area contributed by atoms with E-state index in [0.29, 0.717) is 11.3 Å². The van der Waals surface area contributed by atoms with E-state index in [9.17, 15) is 9.90 Å². The number of phenolic OH excluding ortho intramolecular Hbond substituents is 1. The molecule has 2 N–H and O–H groups in total. The van der Waals surface area contributed by atoms with Gasteiger partial charge in [-0.1, -0.05) is 0 Å². The van der Waals surface area contributed by atoms with Crippen LogP contribution in [0.1, 0.15) is 16.1 Å². The molecular weight excluding hydrogens is 244 g/mol. The number of aromatic nitrogens is 1. The van der Waals surface area contributed by atoms with Crippen molar-refractivity contribution in [1.29, 1.82) is 0 Å². The molecule has 98 valence electrons. The lowest BCUT2D eigenvalue weighted by molar-refractivity contribution is 0.102. The van der Waals surface area contributed by atoms with Crippen LogP contribution in [0.15, 0.2) is 36.5 Å². The molecule has 1 aromatic carbocycles. The van der Waals surface area contributed by atoms with Crippen molar-refractivity contribution in [1.82, 2.24) is 4.98 Å². The van der Waals surface area contributed by atoms with Crippen molar-refractivity contribution in [3.05, 3.63) is 47.8 Å². The van der Waals surface area contributed by atoms with Gasteiger partial charge in [0.1, 0.15) is 0 Å². The number of carbonyl (C=O) groups excluding carboxylic acids is 1. The number of pyridine rings is 1. The van der Waals surface area contributed by atoms with Crippen molar-refractivity contribution in [2.24, 2.45) is 0 Å². The molecule has 0 fully saturated rings. The second kappa shape index (κ2) is 5.39. The molecule has 0 aliphatic rings. The Bertz CT molecular complexity index is 611. The molecule has 2 rings (SSSR count). The molecule has 1 aromatic heterocycles. The van der Waals surface area contributed by atoms with Gasteiger partial charge in [0, 0.05) is 23.1 Å². The zero-order valence-electron chi connectivity index (χ0n) is 10.7. The number of phenols is 1. The van der Waals surface area contributed by atoms with Gasteiger partial charge in [-0.05, 0) is 37.3 Å². The van der Waals surface area contributed by atoms with E-state index >= 15 is 0 Å². The Labute approximate surface area is 110 Å². The van der Waals surface area contributed by atoms with E-state index in [-0.39, 0.29) is 17.4 Å². The van der Waals surface area contributed by atoms with Gasteiger partial charge < -0.3 is 15.2 Å². The summed E-state index contributed by atoms with van der Waals surface area (Å²) in [6.45, 7) is 1.85. The third-order valence-electron chi connectivity index (χ3n) is 2.60. The molecule has 0 bridgehead atoms. The fourth-order valence-electron chi connectivity index (χ4n) is 1.65. The summed E-state index contributed by atoms with van der Waals surface area (Å²) in [6, 6.07) is 7.92. The molecule has 5 heteroatoms. The average Bonchev–Trinajstić information content (AvgIpc) is 2.39. The van der Waals surface area contributed by atoms with E-state index in [1.165, 1.54) is 25.3 Å². The minimum absolute atomic E-state index is 0.00111. The molecule has 19 heavy (non-hydrogen) atoms. The molecule has 0 saturated heterocycles. The van der Waals surface area contributed by atoms with Crippen LogP contribution in [-0.4, -0.2) is 23.1 Å². The number of benzene rings is 1. The van der Waals surface area contributed by atoms with Crippen molar-refractivity contribution in [3.8, 4) is 11.5 Å². The number of rotatable bonds is 3. The number of aromatic hydroxyl groups is 1. The second-order valence-corrected chi connectivity index (χ2v) is 4.03. The standard InChI is InChI=1S/C14H14N2O3/c1-9-7-11(5-6-15-9)16-14(18)10-3-4-12(17)13(8-10)19-2/h3-8,17H,1-2H3,(H,15,16,18). The van der Waals surface area contributed by atoms with Gasteiger partial charge in [-0.2, -0.15) is 0 Å². The van der Waals surface area contributed by atoms with Gasteiger partial charge in [-0.15, -0.1) is 0 Å². The first-order valence-electron chi connectivity index (χ1n) is 5.71. The van der Waals surface area contributed by atoms with E-state index in [0.717, 1.165) is 5.69 Å². The largest absolute Gasteiger partial charge is 0.504 e. The molecule has 0 saturated carbocycles. The Morgan fingerprint density at radius 3 is 2.79 bits per heavy atom. The molecule has 0 unspecified atom stereocenters. The van der Waals surface area contributed by atoms with Crippen LogP contribution in [0.3, 0.4) is 0 Å². The Kier molecular flexibility index (Phi) is 3.66. The van der Waals surface area contributed by atoms with Gasteiger partial charge in [-0.3, -0.25) is 9.78 Å². The van der Waals surface area contributed by atoms with E-state index in [4.69, 9.17) is 4.74 Å². The highest BCUT2D eigenvalue weighted by molar-refractivity contribution is 6.04. The fraction of sp³-hybridized carbons (Fsp3) is 0.143. The van der Waals surface area contributed by atoms with Gasteiger partial charge in [0.2, 0.25) is 0 Å². The number of methoxy groups -OCH3 is 1. The Hall–Kier alpha value is -2.56. The van der Waals surface area contributed by atoms with Crippen LogP contribution in [0.25, 0.3) is 0 Å². The zero-order chi connectivity index (χ0) is 13.8. The van der Waals surface area contributed by atoms with Gasteiger partial charge in [0.05, 0.1) is 7.11 Å². The third-order valence-corrected chi connectivity index (χ3v) is 2.60. The third kappa shape index (κ3) is 3.01. The van der Waals surface area contributed by atoms with Crippen LogP contribution < -0.4 is 10.1 Å². The monoisotopic (exact) mass is 258 g/mol. The van der Waals surface area contributed by atoms with Crippen LogP contribution in [0.5, 0.6) is 11.5 Å². The molecule has 1 heterocycles. The summed E-state index contributed by atoms with van der Waals surface area (Å²) in [5.74, 6) is -0.0127. The molecule has 5 nitrogen and oxygen atoms in total. The molecule has 0 radical (unpaired) electrons. The topological polar surface area (TPSA) is 71.5 Å². The number of aryl methyl sites for hydroxylation is 1. The highest BCUT2D eigenvalue weighted by Crippen LogP contribution is 2.26. The SMILES string of the molecule is COc1cc(C(=O)Nc2ccnc(C)c2)ccc1O. The van der Waals surface area contributed by atoms with Crippen molar-refractivity contribution in [3.63, 3.8) is 0 Å². The number of hydrogen-bond acceptors (Lipinski definition) is 4. The predicted octanol–water partition coefficient (Wildman–Crippen LogP) is 2.36. The summed E-state index contributed by atoms with van der Waals surface area (Å²) >= 11 is 0. The highest BCUT2D eigenvalue weighted by Gasteiger charge is 2.10. The summed E-state index contributed by atoms with van der Waals surface area (Å²) in [6.07, 6.45) is 1.63. The van der Waals surface area contributed by atoms with Crippen LogP contribution >= 0.6 is 0 Å². The van der Waals surface area contributed by atoms with Gasteiger partial charge in [0.15, 0.2) is 11.5 Å². The van der Waals surface area contributed by atoms with Crippen LogP contribution in [0.4, 0.5) is 5.69 Å². The van der Waals surface area contributed by atoms with Gasteiger partial charge in [0.25, 0.3) is 5.91 Å². The first kappa shape index (κ1) is 12.9. The van der Waals surface area contributed by atoms with Crippen LogP contribution in [0.2, 0.25) is 0 Å². The minimum Gasteiger partial charge on any atom is -0.504 e. The fourth-order valence-corrected chi connectivity index (χ4v) is 1.65. The summed E-state index contributed by atoms with van der Waals surface area (Å²) < 4.78 is 4.97. The smallest absolute Gasteiger partial charge is 0.255 e. The van der Waals surface area contributed by atoms with Crippen molar-refractivity contribution < 1.29 is 14.6 Å². The average molecular weight is 258 g/mol. The number of anilines is 1. The highest BCUT2D eigenvalue weighted by atomic mass is 16.5. The lowest BCUT2D eigenvalue weighted by atomic mass is 10.2. The number of amides is 1. The quantitative estimate of drug-likeness (QED) is 0.886. The normalized spacial score (nSPS) is 10.0. The maximum Gasteiger partial charge on any atom is 0.255 e. The van der Waals surface area contributed by atoms with E-state index < -0.39 is 0 Å². The first-order chi connectivity index (χ1) is 9.10. The van der Waals surface area contributed by atoms with E-state index in [2.05, 4.69) is 10.3 Å². The maximum absolute atomic E-state index is 12.0. The summed E-state index contributed by atoms with van der Waals surface area (Å²) in [7, 11) is 1.43. The Morgan fingerprint density at radius 1 is 1.32 bits per heavy atom. The van der Waals surface area contributed by atoms with Gasteiger partial charge in [-0.25, -0.2) is 0 Å². The number of ether oxygens (including phenoxy) is 1. The van der Waals surface area contributed by atoms with E-state index in [1.54, 1.807) is 18.3 Å². The number of hydrogen-bond donors (Lipinski definition) is 2. The van der Waals surface area contributed by atoms with Crippen molar-refractivity contribution in [2.45, 2.75) is 6.92 Å². The lowest BCUT2D eigenvalue weighted by Crippen LogP contribution is -2.12. The molecule has 0 spiro atoms. The van der Waals surface area contributed by atoms with Gasteiger partial charge >= 0.3 is 0 Å².